The number of hydrogen-bond donors (Lipinski definition) is 0. The van der Waals surface area contributed by atoms with Gasteiger partial charge in [-0.1, -0.05) is 84.6 Å². The van der Waals surface area contributed by atoms with Gasteiger partial charge in [-0.05, 0) is 29.7 Å². The van der Waals surface area contributed by atoms with Gasteiger partial charge in [0.1, 0.15) is 4.32 Å². The number of amides is 1. The summed E-state index contributed by atoms with van der Waals surface area (Å²) in [5.41, 5.74) is 2.44. The first kappa shape index (κ1) is 20.3. The van der Waals surface area contributed by atoms with E-state index < -0.39 is 0 Å². The number of carbonyl (C=O) groups excluding carboxylic acids is 1. The second kappa shape index (κ2) is 9.65. The van der Waals surface area contributed by atoms with Crippen molar-refractivity contribution in [1.82, 2.24) is 9.80 Å². The molecule has 2 aromatic rings. The minimum absolute atomic E-state index is 0.000430. The van der Waals surface area contributed by atoms with E-state index in [0.29, 0.717) is 15.8 Å². The average molecular weight is 439 g/mol. The Labute approximate surface area is 185 Å². The van der Waals surface area contributed by atoms with E-state index in [-0.39, 0.29) is 5.91 Å². The van der Waals surface area contributed by atoms with Crippen molar-refractivity contribution >= 4 is 46.0 Å². The Kier molecular flexibility index (Phi) is 6.74. The molecule has 0 unspecified atom stereocenters. The van der Waals surface area contributed by atoms with E-state index in [1.165, 1.54) is 22.4 Å². The molecule has 0 saturated carbocycles. The molecule has 0 radical (unpaired) electrons. The predicted octanol–water partition coefficient (Wildman–Crippen LogP) is 5.06. The third-order valence-corrected chi connectivity index (χ3v) is 7.34. The van der Waals surface area contributed by atoms with Crippen LogP contribution in [0.15, 0.2) is 82.7 Å². The van der Waals surface area contributed by atoms with Crippen LogP contribution in [0.3, 0.4) is 0 Å². The Balaban J connectivity index is 1.41. The fourth-order valence-corrected chi connectivity index (χ4v) is 5.56. The molecule has 2 aliphatic rings. The summed E-state index contributed by atoms with van der Waals surface area (Å²) in [6.07, 6.45) is 5.04. The summed E-state index contributed by atoms with van der Waals surface area (Å²) in [4.78, 5) is 17.6. The van der Waals surface area contributed by atoms with Crippen molar-refractivity contribution in [2.75, 3.05) is 18.8 Å². The highest BCUT2D eigenvalue weighted by Gasteiger charge is 2.31. The molecule has 0 aromatic heterocycles. The zero-order valence-electron chi connectivity index (χ0n) is 16.0. The zero-order valence-corrected chi connectivity index (χ0v) is 18.4. The van der Waals surface area contributed by atoms with E-state index in [4.69, 9.17) is 12.2 Å². The van der Waals surface area contributed by atoms with E-state index in [0.717, 1.165) is 30.8 Å². The quantitative estimate of drug-likeness (QED) is 0.463. The van der Waals surface area contributed by atoms with Crippen molar-refractivity contribution in [1.29, 1.82) is 0 Å². The number of hydrogen-bond acceptors (Lipinski definition) is 5. The monoisotopic (exact) mass is 438 g/mol. The summed E-state index contributed by atoms with van der Waals surface area (Å²) in [6, 6.07) is 20.5. The SMILES string of the molecule is O=C1C(=CC=C2SCCN2CCc2ccccc2)SC(=S)N1Cc1ccccc1. The first-order valence-electron chi connectivity index (χ1n) is 9.62. The standard InChI is InChI=1S/C23H22N2OS3/c26-22-20(29-23(27)25(22)17-19-9-5-2-6-10-19)11-12-21-24(15-16-28-21)14-13-18-7-3-1-4-8-18/h1-12H,13-17H2. The Morgan fingerprint density at radius 2 is 1.66 bits per heavy atom. The van der Waals surface area contributed by atoms with E-state index in [9.17, 15) is 4.79 Å². The number of thiocarbonyl (C=S) groups is 1. The second-order valence-corrected chi connectivity index (χ2v) is 9.64. The van der Waals surface area contributed by atoms with Crippen LogP contribution in [0.1, 0.15) is 11.1 Å². The van der Waals surface area contributed by atoms with Crippen LogP contribution < -0.4 is 0 Å². The lowest BCUT2D eigenvalue weighted by atomic mass is 10.1. The molecule has 0 N–H and O–H groups in total. The van der Waals surface area contributed by atoms with Gasteiger partial charge in [0.25, 0.3) is 5.91 Å². The lowest BCUT2D eigenvalue weighted by molar-refractivity contribution is -0.122. The zero-order chi connectivity index (χ0) is 20.1. The van der Waals surface area contributed by atoms with Crippen LogP contribution in [0.5, 0.6) is 0 Å². The van der Waals surface area contributed by atoms with Crippen molar-refractivity contribution in [3.8, 4) is 0 Å². The summed E-state index contributed by atoms with van der Waals surface area (Å²) < 4.78 is 0.628. The number of nitrogens with zero attached hydrogens (tertiary/aromatic N) is 2. The molecule has 1 amide bonds. The van der Waals surface area contributed by atoms with Gasteiger partial charge >= 0.3 is 0 Å². The summed E-state index contributed by atoms with van der Waals surface area (Å²) in [7, 11) is 0. The van der Waals surface area contributed by atoms with E-state index in [1.807, 2.05) is 48.2 Å². The molecule has 3 nitrogen and oxygen atoms in total. The molecule has 2 saturated heterocycles. The molecule has 0 spiro atoms. The summed E-state index contributed by atoms with van der Waals surface area (Å²) >= 11 is 8.69. The average Bonchev–Trinajstić information content (AvgIpc) is 3.31. The van der Waals surface area contributed by atoms with Gasteiger partial charge in [-0.3, -0.25) is 9.69 Å². The van der Waals surface area contributed by atoms with Crippen molar-refractivity contribution in [3.63, 3.8) is 0 Å². The molecule has 2 aliphatic heterocycles. The molecular formula is C23H22N2OS3. The molecule has 2 aromatic carbocycles. The molecule has 4 rings (SSSR count). The van der Waals surface area contributed by atoms with Crippen molar-refractivity contribution < 1.29 is 4.79 Å². The fraction of sp³-hybridized carbons (Fsp3) is 0.217. The Hall–Kier alpha value is -2.02. The molecule has 148 valence electrons. The van der Waals surface area contributed by atoms with Crippen LogP contribution in [0.4, 0.5) is 0 Å². The smallest absolute Gasteiger partial charge is 0.266 e. The highest BCUT2D eigenvalue weighted by Crippen LogP contribution is 2.34. The Morgan fingerprint density at radius 1 is 0.966 bits per heavy atom. The molecule has 29 heavy (non-hydrogen) atoms. The van der Waals surface area contributed by atoms with Crippen LogP contribution in [-0.2, 0) is 17.8 Å². The second-order valence-electron chi connectivity index (χ2n) is 6.85. The number of rotatable bonds is 6. The van der Waals surface area contributed by atoms with Crippen LogP contribution in [-0.4, -0.2) is 38.9 Å². The Bertz CT molecular complexity index is 941. The van der Waals surface area contributed by atoms with Crippen LogP contribution in [0.2, 0.25) is 0 Å². The number of allylic oxidation sites excluding steroid dienone is 2. The number of benzene rings is 2. The van der Waals surface area contributed by atoms with Gasteiger partial charge in [-0.15, -0.1) is 11.8 Å². The first-order valence-corrected chi connectivity index (χ1v) is 11.8. The third kappa shape index (κ3) is 5.13. The topological polar surface area (TPSA) is 23.6 Å². The third-order valence-electron chi connectivity index (χ3n) is 4.87. The van der Waals surface area contributed by atoms with Gasteiger partial charge < -0.3 is 4.90 Å². The molecule has 6 heteroatoms. The summed E-state index contributed by atoms with van der Waals surface area (Å²) in [6.45, 7) is 2.56. The molecule has 0 atom stereocenters. The van der Waals surface area contributed by atoms with Crippen LogP contribution >= 0.6 is 35.7 Å². The van der Waals surface area contributed by atoms with Crippen LogP contribution in [0.25, 0.3) is 0 Å². The highest BCUT2D eigenvalue weighted by molar-refractivity contribution is 8.26. The van der Waals surface area contributed by atoms with E-state index in [1.54, 1.807) is 4.90 Å². The summed E-state index contributed by atoms with van der Waals surface area (Å²) in [5.74, 6) is 1.09. The lowest BCUT2D eigenvalue weighted by Gasteiger charge is -2.18. The highest BCUT2D eigenvalue weighted by atomic mass is 32.2. The minimum atomic E-state index is -0.000430. The number of carbonyl (C=O) groups is 1. The van der Waals surface area contributed by atoms with E-state index in [2.05, 4.69) is 41.3 Å². The van der Waals surface area contributed by atoms with Gasteiger partial charge in [0, 0.05) is 18.8 Å². The molecule has 2 heterocycles. The maximum atomic E-state index is 12.8. The normalized spacial score (nSPS) is 19.7. The fourth-order valence-electron chi connectivity index (χ4n) is 3.31. The molecular weight excluding hydrogens is 416 g/mol. The van der Waals surface area contributed by atoms with Crippen molar-refractivity contribution in [2.24, 2.45) is 0 Å². The minimum Gasteiger partial charge on any atom is -0.365 e. The molecule has 0 bridgehead atoms. The maximum Gasteiger partial charge on any atom is 0.266 e. The van der Waals surface area contributed by atoms with Gasteiger partial charge in [-0.25, -0.2) is 0 Å². The molecule has 0 aliphatic carbocycles. The first-order chi connectivity index (χ1) is 14.2. The van der Waals surface area contributed by atoms with Crippen LogP contribution in [0, 0.1) is 0 Å². The predicted molar refractivity (Wildman–Crippen MR) is 128 cm³/mol. The lowest BCUT2D eigenvalue weighted by Crippen LogP contribution is -2.27. The van der Waals surface area contributed by atoms with Gasteiger partial charge in [0.15, 0.2) is 0 Å². The summed E-state index contributed by atoms with van der Waals surface area (Å²) in [5, 5.41) is 1.23. The maximum absolute atomic E-state index is 12.8. The van der Waals surface area contributed by atoms with E-state index >= 15 is 0 Å². The van der Waals surface area contributed by atoms with Crippen molar-refractivity contribution in [3.05, 3.63) is 93.9 Å². The van der Waals surface area contributed by atoms with Gasteiger partial charge in [-0.2, -0.15) is 0 Å². The van der Waals surface area contributed by atoms with Gasteiger partial charge in [0.2, 0.25) is 0 Å². The van der Waals surface area contributed by atoms with Crippen molar-refractivity contribution in [2.45, 2.75) is 13.0 Å². The molecule has 2 fully saturated rings. The number of thioether (sulfide) groups is 2. The van der Waals surface area contributed by atoms with Gasteiger partial charge in [0.05, 0.1) is 16.5 Å². The largest absolute Gasteiger partial charge is 0.365 e. The Morgan fingerprint density at radius 3 is 2.38 bits per heavy atom.